The minimum absolute atomic E-state index is 0.232. The van der Waals surface area contributed by atoms with Crippen LogP contribution in [0.5, 0.6) is 0 Å². The number of nitrogens with one attached hydrogen (secondary N) is 2. The Morgan fingerprint density at radius 1 is 1.26 bits per heavy atom. The van der Waals surface area contributed by atoms with Crippen LogP contribution in [0.15, 0.2) is 22.7 Å². The van der Waals surface area contributed by atoms with Crippen molar-refractivity contribution in [3.05, 3.63) is 34.1 Å². The number of rotatable bonds is 4. The molecule has 0 fully saturated rings. The van der Waals surface area contributed by atoms with Crippen molar-refractivity contribution in [1.29, 1.82) is 0 Å². The second kappa shape index (κ2) is 7.08. The lowest BCUT2D eigenvalue weighted by Gasteiger charge is -2.12. The van der Waals surface area contributed by atoms with E-state index in [0.29, 0.717) is 11.0 Å². The molecule has 0 radical (unpaired) electrons. The summed E-state index contributed by atoms with van der Waals surface area (Å²) in [7, 11) is 3.25. The fourth-order valence-corrected chi connectivity index (χ4v) is 1.49. The normalized spacial score (nSPS) is 9.89. The van der Waals surface area contributed by atoms with Gasteiger partial charge >= 0.3 is 6.03 Å². The highest BCUT2D eigenvalue weighted by Crippen LogP contribution is 2.16. The molecule has 0 aliphatic rings. The van der Waals surface area contributed by atoms with Gasteiger partial charge in [0.2, 0.25) is 0 Å². The highest BCUT2D eigenvalue weighted by Gasteiger charge is 2.08. The van der Waals surface area contributed by atoms with E-state index in [2.05, 4.69) is 26.6 Å². The quantitative estimate of drug-likeness (QED) is 0.823. The van der Waals surface area contributed by atoms with Gasteiger partial charge in [-0.2, -0.15) is 0 Å². The average Bonchev–Trinajstić information content (AvgIpc) is 2.37. The van der Waals surface area contributed by atoms with Crippen LogP contribution in [0.25, 0.3) is 0 Å². The molecule has 0 heterocycles. The summed E-state index contributed by atoms with van der Waals surface area (Å²) in [6.07, 6.45) is 0. The van der Waals surface area contributed by atoms with Crippen molar-refractivity contribution in [3.63, 3.8) is 0 Å². The molecule has 0 atom stereocenters. The van der Waals surface area contributed by atoms with Gasteiger partial charge in [-0.3, -0.25) is 4.79 Å². The first-order valence-corrected chi connectivity index (χ1v) is 6.39. The molecule has 1 aromatic rings. The van der Waals surface area contributed by atoms with Gasteiger partial charge in [-0.05, 0) is 34.1 Å². The molecule has 0 saturated heterocycles. The van der Waals surface area contributed by atoms with E-state index >= 15 is 0 Å². The van der Waals surface area contributed by atoms with Gasteiger partial charge < -0.3 is 15.5 Å². The van der Waals surface area contributed by atoms with Crippen LogP contribution in [-0.4, -0.2) is 44.0 Å². The minimum Gasteiger partial charge on any atom is -0.350 e. The number of halogens is 2. The summed E-state index contributed by atoms with van der Waals surface area (Å²) in [5.41, 5.74) is 0.236. The third kappa shape index (κ3) is 4.86. The summed E-state index contributed by atoms with van der Waals surface area (Å²) < 4.78 is 13.5. The Balaban J connectivity index is 2.39. The molecule has 0 aliphatic heterocycles. The predicted octanol–water partition coefficient (Wildman–Crippen LogP) is 1.59. The number of hydrogen-bond donors (Lipinski definition) is 2. The van der Waals surface area contributed by atoms with Crippen molar-refractivity contribution in [2.45, 2.75) is 0 Å². The lowest BCUT2D eigenvalue weighted by molar-refractivity contribution is 0.0953. The standard InChI is InChI=1S/C12H15BrFN3O2/c1-17(2)12(19)16-6-5-15-11(18)8-3-4-9(13)10(14)7-8/h3-4,7H,5-6H2,1-2H3,(H,15,18)(H,16,19). The molecular formula is C12H15BrFN3O2. The molecule has 1 aromatic carbocycles. The van der Waals surface area contributed by atoms with Gasteiger partial charge in [-0.25, -0.2) is 9.18 Å². The molecule has 104 valence electrons. The van der Waals surface area contributed by atoms with Crippen LogP contribution < -0.4 is 10.6 Å². The highest BCUT2D eigenvalue weighted by molar-refractivity contribution is 9.10. The number of benzene rings is 1. The molecule has 0 aromatic heterocycles. The van der Waals surface area contributed by atoms with E-state index in [4.69, 9.17) is 0 Å². The predicted molar refractivity (Wildman–Crippen MR) is 73.5 cm³/mol. The second-order valence-electron chi connectivity index (χ2n) is 4.01. The summed E-state index contributed by atoms with van der Waals surface area (Å²) in [6, 6.07) is 3.90. The van der Waals surface area contributed by atoms with E-state index in [1.165, 1.54) is 17.0 Å². The first-order valence-electron chi connectivity index (χ1n) is 5.60. The first-order chi connectivity index (χ1) is 8.91. The van der Waals surface area contributed by atoms with E-state index in [1.54, 1.807) is 14.1 Å². The Hall–Kier alpha value is -1.63. The fraction of sp³-hybridized carbons (Fsp3) is 0.333. The van der Waals surface area contributed by atoms with Crippen molar-refractivity contribution >= 4 is 27.9 Å². The van der Waals surface area contributed by atoms with Gasteiger partial charge in [0.1, 0.15) is 5.82 Å². The molecule has 7 heteroatoms. The molecule has 1 rings (SSSR count). The zero-order valence-corrected chi connectivity index (χ0v) is 12.3. The molecule has 0 spiro atoms. The first kappa shape index (κ1) is 15.4. The van der Waals surface area contributed by atoms with E-state index in [-0.39, 0.29) is 24.0 Å². The van der Waals surface area contributed by atoms with E-state index in [9.17, 15) is 14.0 Å². The van der Waals surface area contributed by atoms with Gasteiger partial charge in [0.25, 0.3) is 5.91 Å². The topological polar surface area (TPSA) is 61.4 Å². The van der Waals surface area contributed by atoms with Crippen molar-refractivity contribution in [3.8, 4) is 0 Å². The van der Waals surface area contributed by atoms with Gasteiger partial charge in [0.15, 0.2) is 0 Å². The Morgan fingerprint density at radius 3 is 2.47 bits per heavy atom. The molecule has 3 amide bonds. The lowest BCUT2D eigenvalue weighted by Crippen LogP contribution is -2.39. The smallest absolute Gasteiger partial charge is 0.316 e. The van der Waals surface area contributed by atoms with Gasteiger partial charge in [0, 0.05) is 32.7 Å². The SMILES string of the molecule is CN(C)C(=O)NCCNC(=O)c1ccc(Br)c(F)c1. The maximum Gasteiger partial charge on any atom is 0.316 e. The molecule has 2 N–H and O–H groups in total. The third-order valence-corrected chi connectivity index (χ3v) is 2.92. The lowest BCUT2D eigenvalue weighted by atomic mass is 10.2. The molecule has 5 nitrogen and oxygen atoms in total. The molecule has 0 unspecified atom stereocenters. The number of nitrogens with zero attached hydrogens (tertiary/aromatic N) is 1. The molecule has 19 heavy (non-hydrogen) atoms. The van der Waals surface area contributed by atoms with Crippen LogP contribution in [-0.2, 0) is 0 Å². The van der Waals surface area contributed by atoms with Crippen LogP contribution in [0, 0.1) is 5.82 Å². The van der Waals surface area contributed by atoms with E-state index in [0.717, 1.165) is 6.07 Å². The summed E-state index contributed by atoms with van der Waals surface area (Å²) in [4.78, 5) is 24.3. The average molecular weight is 332 g/mol. The Morgan fingerprint density at radius 2 is 1.89 bits per heavy atom. The molecular weight excluding hydrogens is 317 g/mol. The zero-order valence-electron chi connectivity index (χ0n) is 10.7. The number of hydrogen-bond acceptors (Lipinski definition) is 2. The van der Waals surface area contributed by atoms with Crippen LogP contribution in [0.3, 0.4) is 0 Å². The van der Waals surface area contributed by atoms with Crippen LogP contribution >= 0.6 is 15.9 Å². The zero-order chi connectivity index (χ0) is 14.4. The minimum atomic E-state index is -0.492. The van der Waals surface area contributed by atoms with Gasteiger partial charge in [-0.1, -0.05) is 0 Å². The maximum absolute atomic E-state index is 13.2. The van der Waals surface area contributed by atoms with Crippen LogP contribution in [0.2, 0.25) is 0 Å². The Labute approximate surface area is 119 Å². The molecule has 0 aliphatic carbocycles. The summed E-state index contributed by atoms with van der Waals surface area (Å²) >= 11 is 3.01. The number of carbonyl (C=O) groups excluding carboxylic acids is 2. The van der Waals surface area contributed by atoms with E-state index < -0.39 is 5.82 Å². The summed E-state index contributed by atoms with van der Waals surface area (Å²) in [5.74, 6) is -0.876. The Kier molecular flexibility index (Phi) is 5.75. The van der Waals surface area contributed by atoms with Crippen molar-refractivity contribution < 1.29 is 14.0 Å². The number of urea groups is 1. The Bertz CT molecular complexity index is 480. The molecule has 0 bridgehead atoms. The largest absolute Gasteiger partial charge is 0.350 e. The van der Waals surface area contributed by atoms with Gasteiger partial charge in [-0.15, -0.1) is 0 Å². The third-order valence-electron chi connectivity index (χ3n) is 2.27. The second-order valence-corrected chi connectivity index (χ2v) is 4.87. The van der Waals surface area contributed by atoms with Crippen molar-refractivity contribution in [2.75, 3.05) is 27.2 Å². The fourth-order valence-electron chi connectivity index (χ4n) is 1.24. The van der Waals surface area contributed by atoms with Crippen molar-refractivity contribution in [1.82, 2.24) is 15.5 Å². The van der Waals surface area contributed by atoms with Crippen LogP contribution in [0.4, 0.5) is 9.18 Å². The van der Waals surface area contributed by atoms with E-state index in [1.807, 2.05) is 0 Å². The monoisotopic (exact) mass is 331 g/mol. The number of amides is 3. The summed E-state index contributed by atoms with van der Waals surface area (Å²) in [6.45, 7) is 0.581. The highest BCUT2D eigenvalue weighted by atomic mass is 79.9. The van der Waals surface area contributed by atoms with Crippen molar-refractivity contribution in [2.24, 2.45) is 0 Å². The molecule has 0 saturated carbocycles. The maximum atomic E-state index is 13.2. The van der Waals surface area contributed by atoms with Gasteiger partial charge in [0.05, 0.1) is 4.47 Å². The van der Waals surface area contributed by atoms with Crippen LogP contribution in [0.1, 0.15) is 10.4 Å². The number of carbonyl (C=O) groups is 2. The summed E-state index contributed by atoms with van der Waals surface area (Å²) in [5, 5.41) is 5.19.